The number of aryl methyl sites for hydroxylation is 2. The van der Waals surface area contributed by atoms with E-state index >= 15 is 0 Å². The van der Waals surface area contributed by atoms with Crippen molar-refractivity contribution in [3.63, 3.8) is 0 Å². The van der Waals surface area contributed by atoms with Crippen LogP contribution in [0.25, 0.3) is 0 Å². The van der Waals surface area contributed by atoms with E-state index in [2.05, 4.69) is 15.5 Å². The van der Waals surface area contributed by atoms with Crippen LogP contribution in [0.3, 0.4) is 0 Å². The van der Waals surface area contributed by atoms with Gasteiger partial charge in [0, 0.05) is 30.1 Å². The van der Waals surface area contributed by atoms with Crippen LogP contribution in [-0.4, -0.2) is 58.6 Å². The first-order valence-electron chi connectivity index (χ1n) is 9.69. The van der Waals surface area contributed by atoms with Crippen LogP contribution >= 0.6 is 11.8 Å². The molecule has 0 aliphatic heterocycles. The van der Waals surface area contributed by atoms with Crippen LogP contribution in [0.15, 0.2) is 27.9 Å². The highest BCUT2D eigenvalue weighted by Crippen LogP contribution is 2.27. The number of hydrogen-bond donors (Lipinski definition) is 1. The van der Waals surface area contributed by atoms with Gasteiger partial charge in [0.25, 0.3) is 5.91 Å². The van der Waals surface area contributed by atoms with Gasteiger partial charge in [-0.05, 0) is 46.8 Å². The number of rotatable bonds is 8. The SMILES string of the molecule is Cc1noc(C)c1CSc1ncccc1C(=O)OCC(=O)N(C)CC(=O)NC(C)(C)C. The van der Waals surface area contributed by atoms with Gasteiger partial charge in [0.2, 0.25) is 5.91 Å². The van der Waals surface area contributed by atoms with Gasteiger partial charge in [0.1, 0.15) is 10.8 Å². The number of nitrogens with zero attached hydrogens (tertiary/aromatic N) is 3. The second-order valence-corrected chi connectivity index (χ2v) is 9.04. The maximum atomic E-state index is 12.5. The Labute approximate surface area is 185 Å². The molecule has 0 aromatic carbocycles. The van der Waals surface area contributed by atoms with Crippen LogP contribution in [0.2, 0.25) is 0 Å². The van der Waals surface area contributed by atoms with Crippen molar-refractivity contribution in [3.05, 3.63) is 40.9 Å². The second-order valence-electron chi connectivity index (χ2n) is 8.07. The molecule has 2 aromatic rings. The zero-order valence-electron chi connectivity index (χ0n) is 18.6. The third-order valence-corrected chi connectivity index (χ3v) is 5.20. The van der Waals surface area contributed by atoms with Crippen molar-refractivity contribution in [2.24, 2.45) is 0 Å². The summed E-state index contributed by atoms with van der Waals surface area (Å²) in [6.07, 6.45) is 1.58. The van der Waals surface area contributed by atoms with E-state index < -0.39 is 24.0 Å². The predicted octanol–water partition coefficient (Wildman–Crippen LogP) is 2.51. The summed E-state index contributed by atoms with van der Waals surface area (Å²) in [7, 11) is 1.48. The molecule has 2 heterocycles. The Hall–Kier alpha value is -2.88. The van der Waals surface area contributed by atoms with E-state index in [1.165, 1.54) is 23.7 Å². The van der Waals surface area contributed by atoms with Crippen LogP contribution in [-0.2, 0) is 20.1 Å². The highest BCUT2D eigenvalue weighted by Gasteiger charge is 2.21. The summed E-state index contributed by atoms with van der Waals surface area (Å²) in [4.78, 5) is 42.2. The Morgan fingerprint density at radius 3 is 2.58 bits per heavy atom. The molecule has 0 saturated heterocycles. The molecule has 0 unspecified atom stereocenters. The highest BCUT2D eigenvalue weighted by atomic mass is 32.2. The molecule has 0 bridgehead atoms. The molecule has 31 heavy (non-hydrogen) atoms. The molecular formula is C21H28N4O5S. The van der Waals surface area contributed by atoms with E-state index in [4.69, 9.17) is 9.26 Å². The number of hydrogen-bond acceptors (Lipinski definition) is 8. The fraction of sp³-hybridized carbons (Fsp3) is 0.476. The Balaban J connectivity index is 1.93. The molecule has 0 aliphatic carbocycles. The minimum Gasteiger partial charge on any atom is -0.452 e. The first kappa shape index (κ1) is 24.4. The molecule has 2 rings (SSSR count). The van der Waals surface area contributed by atoms with Gasteiger partial charge in [-0.25, -0.2) is 9.78 Å². The first-order valence-corrected chi connectivity index (χ1v) is 10.7. The molecule has 9 nitrogen and oxygen atoms in total. The number of pyridine rings is 1. The fourth-order valence-electron chi connectivity index (χ4n) is 2.59. The number of esters is 1. The van der Waals surface area contributed by atoms with E-state index in [1.807, 2.05) is 34.6 Å². The zero-order chi connectivity index (χ0) is 23.2. The molecule has 2 amide bonds. The summed E-state index contributed by atoms with van der Waals surface area (Å²) < 4.78 is 10.3. The van der Waals surface area contributed by atoms with E-state index in [9.17, 15) is 14.4 Å². The number of aromatic nitrogens is 2. The lowest BCUT2D eigenvalue weighted by Crippen LogP contribution is -2.46. The lowest BCUT2D eigenvalue weighted by Gasteiger charge is -2.23. The quantitative estimate of drug-likeness (QED) is 0.484. The lowest BCUT2D eigenvalue weighted by molar-refractivity contribution is -0.137. The Kier molecular flexibility index (Phi) is 8.21. The Morgan fingerprint density at radius 2 is 1.97 bits per heavy atom. The predicted molar refractivity (Wildman–Crippen MR) is 116 cm³/mol. The van der Waals surface area contributed by atoms with Crippen molar-refractivity contribution < 1.29 is 23.6 Å². The standard InChI is InChI=1S/C21H28N4O5S/c1-13-16(14(2)30-24-13)12-31-19-15(8-7-9-22-19)20(28)29-11-18(27)25(6)10-17(26)23-21(3,4)5/h7-9H,10-12H2,1-6H3,(H,23,26). The largest absolute Gasteiger partial charge is 0.452 e. The van der Waals surface area contributed by atoms with E-state index in [1.54, 1.807) is 18.3 Å². The van der Waals surface area contributed by atoms with Gasteiger partial charge in [0.15, 0.2) is 6.61 Å². The molecule has 0 fully saturated rings. The van der Waals surface area contributed by atoms with Gasteiger partial charge in [-0.15, -0.1) is 11.8 Å². The summed E-state index contributed by atoms with van der Waals surface area (Å²) in [6.45, 7) is 8.63. The third-order valence-electron chi connectivity index (χ3n) is 4.17. The molecule has 0 radical (unpaired) electrons. The first-order chi connectivity index (χ1) is 14.5. The van der Waals surface area contributed by atoms with Crippen LogP contribution in [0.1, 0.15) is 48.1 Å². The topological polar surface area (TPSA) is 115 Å². The molecular weight excluding hydrogens is 420 g/mol. The summed E-state index contributed by atoms with van der Waals surface area (Å²) in [5.74, 6) is -0.182. The number of carbonyl (C=O) groups is 3. The second kappa shape index (κ2) is 10.4. The van der Waals surface area contributed by atoms with E-state index in [-0.39, 0.29) is 18.0 Å². The van der Waals surface area contributed by atoms with Crippen molar-refractivity contribution in [1.82, 2.24) is 20.4 Å². The summed E-state index contributed by atoms with van der Waals surface area (Å²) in [5.41, 5.74) is 1.60. The minimum atomic E-state index is -0.657. The lowest BCUT2D eigenvalue weighted by atomic mass is 10.1. The summed E-state index contributed by atoms with van der Waals surface area (Å²) in [6, 6.07) is 3.22. The highest BCUT2D eigenvalue weighted by molar-refractivity contribution is 7.98. The minimum absolute atomic E-state index is 0.126. The maximum Gasteiger partial charge on any atom is 0.341 e. The van der Waals surface area contributed by atoms with Gasteiger partial charge in [-0.3, -0.25) is 9.59 Å². The van der Waals surface area contributed by atoms with E-state index in [0.29, 0.717) is 16.5 Å². The molecule has 1 N–H and O–H groups in total. The fourth-order valence-corrected chi connectivity index (χ4v) is 3.72. The molecule has 0 atom stereocenters. The molecule has 2 aromatic heterocycles. The van der Waals surface area contributed by atoms with Crippen LogP contribution < -0.4 is 5.32 Å². The number of thioether (sulfide) groups is 1. The number of likely N-dealkylation sites (N-methyl/N-ethyl adjacent to an activating group) is 1. The smallest absolute Gasteiger partial charge is 0.341 e. The maximum absolute atomic E-state index is 12.5. The van der Waals surface area contributed by atoms with Crippen molar-refractivity contribution in [1.29, 1.82) is 0 Å². The van der Waals surface area contributed by atoms with Gasteiger partial charge >= 0.3 is 5.97 Å². The van der Waals surface area contributed by atoms with Gasteiger partial charge in [0.05, 0.1) is 17.8 Å². The average molecular weight is 449 g/mol. The molecule has 0 aliphatic rings. The van der Waals surface area contributed by atoms with Crippen molar-refractivity contribution in [2.45, 2.75) is 50.9 Å². The molecule has 0 spiro atoms. The Morgan fingerprint density at radius 1 is 1.26 bits per heavy atom. The summed E-state index contributed by atoms with van der Waals surface area (Å²) in [5, 5.41) is 7.18. The molecule has 168 valence electrons. The normalized spacial score (nSPS) is 11.2. The monoisotopic (exact) mass is 448 g/mol. The zero-order valence-corrected chi connectivity index (χ0v) is 19.5. The Bertz CT molecular complexity index is 932. The number of carbonyl (C=O) groups excluding carboxylic acids is 3. The van der Waals surface area contributed by atoms with E-state index in [0.717, 1.165) is 11.3 Å². The number of ether oxygens (including phenoxy) is 1. The number of amides is 2. The average Bonchev–Trinajstić information content (AvgIpc) is 3.00. The molecule has 10 heteroatoms. The third kappa shape index (κ3) is 7.39. The molecule has 0 saturated carbocycles. The van der Waals surface area contributed by atoms with Crippen LogP contribution in [0, 0.1) is 13.8 Å². The van der Waals surface area contributed by atoms with Crippen LogP contribution in [0.5, 0.6) is 0 Å². The van der Waals surface area contributed by atoms with Gasteiger partial charge in [-0.2, -0.15) is 0 Å². The van der Waals surface area contributed by atoms with Crippen molar-refractivity contribution >= 4 is 29.5 Å². The number of nitrogens with one attached hydrogen (secondary N) is 1. The van der Waals surface area contributed by atoms with Crippen molar-refractivity contribution in [2.75, 3.05) is 20.2 Å². The van der Waals surface area contributed by atoms with Gasteiger partial charge < -0.3 is 19.5 Å². The summed E-state index contributed by atoms with van der Waals surface area (Å²) >= 11 is 1.36. The van der Waals surface area contributed by atoms with Gasteiger partial charge in [-0.1, -0.05) is 5.16 Å². The van der Waals surface area contributed by atoms with Crippen LogP contribution in [0.4, 0.5) is 0 Å². The van der Waals surface area contributed by atoms with Crippen molar-refractivity contribution in [3.8, 4) is 0 Å².